The average molecular weight is 342 g/mol. The van der Waals surface area contributed by atoms with Crippen LogP contribution in [0, 0.1) is 5.41 Å². The number of amides is 2. The number of hydrogen-bond donors (Lipinski definition) is 2. The maximum absolute atomic E-state index is 12.8. The standard InChI is InChI=1S/C21H30N2O2/c1-2-16-10-12-18(13-11-16)23-20(25)21(14-15-21)19(24)22-17-8-6-4-3-5-7-9-17/h10-13,17H,2-9,14-15H2,1H3,(H,22,24)(H,23,25). The molecule has 2 saturated carbocycles. The third-order valence-corrected chi connectivity index (χ3v) is 5.68. The van der Waals surface area contributed by atoms with Crippen LogP contribution in [0.1, 0.15) is 70.3 Å². The molecule has 0 radical (unpaired) electrons. The molecule has 0 unspecified atom stereocenters. The van der Waals surface area contributed by atoms with Crippen LogP contribution in [0.15, 0.2) is 24.3 Å². The van der Waals surface area contributed by atoms with Gasteiger partial charge in [0.05, 0.1) is 0 Å². The summed E-state index contributed by atoms with van der Waals surface area (Å²) < 4.78 is 0. The number of carbonyl (C=O) groups is 2. The van der Waals surface area contributed by atoms with Gasteiger partial charge < -0.3 is 10.6 Å². The van der Waals surface area contributed by atoms with Crippen LogP contribution < -0.4 is 10.6 Å². The van der Waals surface area contributed by atoms with Gasteiger partial charge in [-0.05, 0) is 49.8 Å². The number of nitrogens with one attached hydrogen (secondary N) is 2. The maximum Gasteiger partial charge on any atom is 0.240 e. The molecule has 136 valence electrons. The molecule has 4 nitrogen and oxygen atoms in total. The van der Waals surface area contributed by atoms with Crippen LogP contribution in [0.4, 0.5) is 5.69 Å². The van der Waals surface area contributed by atoms with Crippen molar-refractivity contribution in [3.63, 3.8) is 0 Å². The van der Waals surface area contributed by atoms with E-state index in [1.807, 2.05) is 24.3 Å². The van der Waals surface area contributed by atoms with Crippen LogP contribution in [0.2, 0.25) is 0 Å². The predicted molar refractivity (Wildman–Crippen MR) is 100 cm³/mol. The predicted octanol–water partition coefficient (Wildman–Crippen LogP) is 4.20. The maximum atomic E-state index is 12.8. The molecule has 0 saturated heterocycles. The first-order valence-electron chi connectivity index (χ1n) is 9.85. The quantitative estimate of drug-likeness (QED) is 0.788. The van der Waals surface area contributed by atoms with E-state index in [9.17, 15) is 9.59 Å². The Kier molecular flexibility index (Phi) is 5.77. The number of benzene rings is 1. The lowest BCUT2D eigenvalue weighted by Gasteiger charge is -2.24. The van der Waals surface area contributed by atoms with Crippen molar-refractivity contribution in [1.82, 2.24) is 5.32 Å². The van der Waals surface area contributed by atoms with E-state index >= 15 is 0 Å². The number of anilines is 1. The third kappa shape index (κ3) is 4.42. The Morgan fingerprint density at radius 1 is 0.960 bits per heavy atom. The highest BCUT2D eigenvalue weighted by Crippen LogP contribution is 2.47. The van der Waals surface area contributed by atoms with E-state index in [-0.39, 0.29) is 17.9 Å². The minimum absolute atomic E-state index is 0.0687. The first-order chi connectivity index (χ1) is 12.1. The fraction of sp³-hybridized carbons (Fsp3) is 0.619. The molecule has 2 fully saturated rings. The Balaban J connectivity index is 1.57. The number of hydrogen-bond acceptors (Lipinski definition) is 2. The molecule has 25 heavy (non-hydrogen) atoms. The van der Waals surface area contributed by atoms with Gasteiger partial charge in [0.1, 0.15) is 5.41 Å². The van der Waals surface area contributed by atoms with E-state index in [0.717, 1.165) is 24.9 Å². The highest BCUT2D eigenvalue weighted by molar-refractivity contribution is 6.13. The molecule has 0 atom stereocenters. The largest absolute Gasteiger partial charge is 0.352 e. The second kappa shape index (κ2) is 8.03. The number of aryl methyl sites for hydroxylation is 1. The summed E-state index contributed by atoms with van der Waals surface area (Å²) in [6.07, 6.45) is 10.5. The molecule has 2 N–H and O–H groups in total. The van der Waals surface area contributed by atoms with Crippen LogP contribution in [0.25, 0.3) is 0 Å². The van der Waals surface area contributed by atoms with Crippen molar-refractivity contribution in [2.24, 2.45) is 5.41 Å². The normalized spacial score (nSPS) is 20.2. The van der Waals surface area contributed by atoms with Crippen molar-refractivity contribution in [1.29, 1.82) is 0 Å². The average Bonchev–Trinajstić information content (AvgIpc) is 3.40. The minimum Gasteiger partial charge on any atom is -0.352 e. The van der Waals surface area contributed by atoms with Gasteiger partial charge in [-0.3, -0.25) is 9.59 Å². The molecule has 1 aromatic carbocycles. The van der Waals surface area contributed by atoms with Crippen molar-refractivity contribution < 1.29 is 9.59 Å². The zero-order chi connectivity index (χ0) is 17.7. The SMILES string of the molecule is CCc1ccc(NC(=O)C2(C(=O)NC3CCCCCCC3)CC2)cc1. The lowest BCUT2D eigenvalue weighted by Crippen LogP contribution is -2.44. The van der Waals surface area contributed by atoms with E-state index in [2.05, 4.69) is 17.6 Å². The van der Waals surface area contributed by atoms with Gasteiger partial charge in [-0.2, -0.15) is 0 Å². The first kappa shape index (κ1) is 18.0. The molecular formula is C21H30N2O2. The van der Waals surface area contributed by atoms with Gasteiger partial charge in [0.15, 0.2) is 0 Å². The Hall–Kier alpha value is -1.84. The van der Waals surface area contributed by atoms with Gasteiger partial charge in [0.2, 0.25) is 11.8 Å². The lowest BCUT2D eigenvalue weighted by molar-refractivity contribution is -0.135. The summed E-state index contributed by atoms with van der Waals surface area (Å²) >= 11 is 0. The Morgan fingerprint density at radius 2 is 1.56 bits per heavy atom. The highest BCUT2D eigenvalue weighted by atomic mass is 16.2. The molecule has 3 rings (SSSR count). The summed E-state index contributed by atoms with van der Waals surface area (Å²) in [5.74, 6) is -0.221. The van der Waals surface area contributed by atoms with Gasteiger partial charge in [0.25, 0.3) is 0 Å². The van der Waals surface area contributed by atoms with Gasteiger partial charge in [0, 0.05) is 11.7 Å². The van der Waals surface area contributed by atoms with E-state index in [1.54, 1.807) is 0 Å². The minimum atomic E-state index is -0.841. The van der Waals surface area contributed by atoms with Crippen LogP contribution in [-0.4, -0.2) is 17.9 Å². The molecular weight excluding hydrogens is 312 g/mol. The summed E-state index contributed by atoms with van der Waals surface area (Å²) in [5.41, 5.74) is 1.17. The molecule has 0 heterocycles. The summed E-state index contributed by atoms with van der Waals surface area (Å²) in [7, 11) is 0. The molecule has 0 spiro atoms. The van der Waals surface area contributed by atoms with Crippen molar-refractivity contribution in [2.45, 2.75) is 77.2 Å². The smallest absolute Gasteiger partial charge is 0.240 e. The summed E-state index contributed by atoms with van der Waals surface area (Å²) in [5, 5.41) is 6.11. The molecule has 2 aliphatic carbocycles. The van der Waals surface area contributed by atoms with Gasteiger partial charge in [-0.1, -0.05) is 51.2 Å². The van der Waals surface area contributed by atoms with E-state index in [4.69, 9.17) is 0 Å². The Morgan fingerprint density at radius 3 is 2.12 bits per heavy atom. The topological polar surface area (TPSA) is 58.2 Å². The Labute approximate surface area is 150 Å². The van der Waals surface area contributed by atoms with E-state index in [0.29, 0.717) is 12.8 Å². The van der Waals surface area contributed by atoms with Crippen LogP contribution in [0.5, 0.6) is 0 Å². The summed E-state index contributed by atoms with van der Waals surface area (Å²) in [4.78, 5) is 25.4. The Bertz CT molecular complexity index is 597. The second-order valence-electron chi connectivity index (χ2n) is 7.60. The molecule has 0 aliphatic heterocycles. The lowest BCUT2D eigenvalue weighted by atomic mass is 9.95. The molecule has 2 aliphatic rings. The fourth-order valence-electron chi connectivity index (χ4n) is 3.68. The molecule has 0 aromatic heterocycles. The number of carbonyl (C=O) groups excluding carboxylic acids is 2. The highest BCUT2D eigenvalue weighted by Gasteiger charge is 2.56. The molecule has 1 aromatic rings. The zero-order valence-corrected chi connectivity index (χ0v) is 15.3. The van der Waals surface area contributed by atoms with Gasteiger partial charge in [-0.25, -0.2) is 0 Å². The molecule has 2 amide bonds. The van der Waals surface area contributed by atoms with Crippen molar-refractivity contribution in [3.8, 4) is 0 Å². The third-order valence-electron chi connectivity index (χ3n) is 5.68. The van der Waals surface area contributed by atoms with E-state index in [1.165, 1.54) is 37.7 Å². The number of rotatable bonds is 5. The summed E-state index contributed by atoms with van der Waals surface area (Å²) in [6.45, 7) is 2.10. The van der Waals surface area contributed by atoms with Gasteiger partial charge >= 0.3 is 0 Å². The molecule has 0 bridgehead atoms. The monoisotopic (exact) mass is 342 g/mol. The zero-order valence-electron chi connectivity index (χ0n) is 15.3. The van der Waals surface area contributed by atoms with Crippen molar-refractivity contribution in [3.05, 3.63) is 29.8 Å². The second-order valence-corrected chi connectivity index (χ2v) is 7.60. The van der Waals surface area contributed by atoms with E-state index < -0.39 is 5.41 Å². The summed E-state index contributed by atoms with van der Waals surface area (Å²) in [6, 6.07) is 8.11. The van der Waals surface area contributed by atoms with Crippen LogP contribution >= 0.6 is 0 Å². The van der Waals surface area contributed by atoms with Crippen molar-refractivity contribution >= 4 is 17.5 Å². The first-order valence-corrected chi connectivity index (χ1v) is 9.85. The molecule has 4 heteroatoms. The van der Waals surface area contributed by atoms with Crippen molar-refractivity contribution in [2.75, 3.05) is 5.32 Å². The van der Waals surface area contributed by atoms with Gasteiger partial charge in [-0.15, -0.1) is 0 Å². The van der Waals surface area contributed by atoms with Crippen LogP contribution in [0.3, 0.4) is 0 Å². The van der Waals surface area contributed by atoms with Crippen LogP contribution in [-0.2, 0) is 16.0 Å². The fourth-order valence-corrected chi connectivity index (χ4v) is 3.68.